The lowest BCUT2D eigenvalue weighted by Gasteiger charge is -2.23. The zero-order chi connectivity index (χ0) is 12.5. The van der Waals surface area contributed by atoms with Crippen LogP contribution in [0.3, 0.4) is 0 Å². The Hall–Kier alpha value is -0.130. The fourth-order valence-corrected chi connectivity index (χ4v) is 4.37. The molecule has 2 aliphatic rings. The highest BCUT2D eigenvalue weighted by Crippen LogP contribution is 2.48. The molecule has 0 aromatic rings. The third-order valence-corrected chi connectivity index (χ3v) is 6.01. The van der Waals surface area contributed by atoms with Crippen LogP contribution in [-0.4, -0.2) is 44.2 Å². The van der Waals surface area contributed by atoms with Crippen molar-refractivity contribution in [2.45, 2.75) is 49.8 Å². The van der Waals surface area contributed by atoms with E-state index >= 15 is 0 Å². The first-order chi connectivity index (χ1) is 7.97. The summed E-state index contributed by atoms with van der Waals surface area (Å²) in [5, 5.41) is 12.2. The Bertz CT molecular complexity index is 362. The van der Waals surface area contributed by atoms with E-state index in [0.717, 1.165) is 45.1 Å². The van der Waals surface area contributed by atoms with Crippen LogP contribution in [-0.2, 0) is 9.84 Å². The van der Waals surface area contributed by atoms with Crippen LogP contribution in [0.15, 0.2) is 0 Å². The standard InChI is InChI=1S/C12H23NO3S/c1-17(15,16)11-4-2-3-10(11)13-9-12(5-6-12)7-8-14/h10-11,13-14H,2-9H2,1H3. The van der Waals surface area contributed by atoms with Crippen LogP contribution in [0.5, 0.6) is 0 Å². The van der Waals surface area contributed by atoms with Gasteiger partial charge in [0.15, 0.2) is 9.84 Å². The first-order valence-electron chi connectivity index (χ1n) is 6.50. The predicted molar refractivity (Wildman–Crippen MR) is 67.6 cm³/mol. The number of hydrogen-bond acceptors (Lipinski definition) is 4. The van der Waals surface area contributed by atoms with Gasteiger partial charge in [-0.3, -0.25) is 0 Å². The second kappa shape index (κ2) is 4.86. The van der Waals surface area contributed by atoms with Gasteiger partial charge in [0, 0.05) is 25.4 Å². The molecule has 0 heterocycles. The Balaban J connectivity index is 1.87. The van der Waals surface area contributed by atoms with Gasteiger partial charge in [-0.15, -0.1) is 0 Å². The second-order valence-electron chi connectivity index (χ2n) is 5.76. The van der Waals surface area contributed by atoms with Gasteiger partial charge in [-0.1, -0.05) is 6.42 Å². The molecule has 0 aliphatic heterocycles. The summed E-state index contributed by atoms with van der Waals surface area (Å²) in [6.45, 7) is 1.10. The molecule has 17 heavy (non-hydrogen) atoms. The molecule has 0 saturated heterocycles. The molecule has 100 valence electrons. The molecule has 2 atom stereocenters. The highest BCUT2D eigenvalue weighted by atomic mass is 32.2. The summed E-state index contributed by atoms with van der Waals surface area (Å²) in [5.41, 5.74) is 0.263. The molecular weight excluding hydrogens is 238 g/mol. The zero-order valence-corrected chi connectivity index (χ0v) is 11.3. The lowest BCUT2D eigenvalue weighted by atomic mass is 10.0. The zero-order valence-electron chi connectivity index (χ0n) is 10.5. The van der Waals surface area contributed by atoms with E-state index in [2.05, 4.69) is 5.32 Å². The lowest BCUT2D eigenvalue weighted by molar-refractivity contribution is 0.242. The first-order valence-corrected chi connectivity index (χ1v) is 8.45. The monoisotopic (exact) mass is 261 g/mol. The highest BCUT2D eigenvalue weighted by molar-refractivity contribution is 7.91. The van der Waals surface area contributed by atoms with Gasteiger partial charge >= 0.3 is 0 Å². The second-order valence-corrected chi connectivity index (χ2v) is 8.02. The summed E-state index contributed by atoms with van der Waals surface area (Å²) in [7, 11) is -2.92. The van der Waals surface area contributed by atoms with E-state index in [-0.39, 0.29) is 23.3 Å². The van der Waals surface area contributed by atoms with Crippen LogP contribution in [0.2, 0.25) is 0 Å². The largest absolute Gasteiger partial charge is 0.396 e. The van der Waals surface area contributed by atoms with Crippen LogP contribution in [0.4, 0.5) is 0 Å². The summed E-state index contributed by atoms with van der Waals surface area (Å²) in [4.78, 5) is 0. The number of sulfone groups is 1. The fraction of sp³-hybridized carbons (Fsp3) is 1.00. The number of nitrogens with one attached hydrogen (secondary N) is 1. The van der Waals surface area contributed by atoms with Crippen molar-refractivity contribution >= 4 is 9.84 Å². The Labute approximate surface area is 104 Å². The Morgan fingerprint density at radius 2 is 2.06 bits per heavy atom. The number of rotatable bonds is 6. The highest BCUT2D eigenvalue weighted by Gasteiger charge is 2.43. The Morgan fingerprint density at radius 3 is 2.59 bits per heavy atom. The molecule has 2 fully saturated rings. The minimum Gasteiger partial charge on any atom is -0.396 e. The van der Waals surface area contributed by atoms with Gasteiger partial charge in [-0.2, -0.15) is 0 Å². The summed E-state index contributed by atoms with van der Waals surface area (Å²) < 4.78 is 23.3. The van der Waals surface area contributed by atoms with E-state index in [1.165, 1.54) is 6.26 Å². The average molecular weight is 261 g/mol. The molecule has 2 saturated carbocycles. The molecule has 0 spiro atoms. The molecule has 2 unspecified atom stereocenters. The minimum absolute atomic E-state index is 0.126. The van der Waals surface area contributed by atoms with Gasteiger partial charge in [-0.05, 0) is 37.5 Å². The number of aliphatic hydroxyl groups is 1. The topological polar surface area (TPSA) is 66.4 Å². The maximum absolute atomic E-state index is 11.6. The van der Waals surface area contributed by atoms with Gasteiger partial charge in [0.25, 0.3) is 0 Å². The van der Waals surface area contributed by atoms with Crippen molar-refractivity contribution in [2.75, 3.05) is 19.4 Å². The number of hydrogen-bond donors (Lipinski definition) is 2. The minimum atomic E-state index is -2.92. The Morgan fingerprint density at radius 1 is 1.35 bits per heavy atom. The van der Waals surface area contributed by atoms with E-state index in [1.54, 1.807) is 0 Å². The molecule has 0 aromatic carbocycles. The lowest BCUT2D eigenvalue weighted by Crippen LogP contribution is -2.42. The molecule has 2 N–H and O–H groups in total. The third kappa shape index (κ3) is 3.20. The van der Waals surface area contributed by atoms with Crippen LogP contribution < -0.4 is 5.32 Å². The van der Waals surface area contributed by atoms with Gasteiger partial charge < -0.3 is 10.4 Å². The molecular formula is C12H23NO3S. The van der Waals surface area contributed by atoms with Crippen molar-refractivity contribution in [2.24, 2.45) is 5.41 Å². The molecule has 5 heteroatoms. The van der Waals surface area contributed by atoms with Crippen molar-refractivity contribution in [3.63, 3.8) is 0 Å². The maximum Gasteiger partial charge on any atom is 0.151 e. The average Bonchev–Trinajstić information content (AvgIpc) is 2.82. The molecule has 0 radical (unpaired) electrons. The van der Waals surface area contributed by atoms with Crippen LogP contribution in [0.1, 0.15) is 38.5 Å². The van der Waals surface area contributed by atoms with Crippen molar-refractivity contribution < 1.29 is 13.5 Å². The Kier molecular flexibility index (Phi) is 3.80. The predicted octanol–water partition coefficient (Wildman–Crippen LogP) is 0.704. The van der Waals surface area contributed by atoms with Crippen molar-refractivity contribution in [1.82, 2.24) is 5.32 Å². The van der Waals surface area contributed by atoms with E-state index in [4.69, 9.17) is 5.11 Å². The summed E-state index contributed by atoms with van der Waals surface area (Å²) in [5.74, 6) is 0. The van der Waals surface area contributed by atoms with Gasteiger partial charge in [-0.25, -0.2) is 8.42 Å². The third-order valence-electron chi connectivity index (χ3n) is 4.34. The summed E-state index contributed by atoms with van der Waals surface area (Å²) in [6, 6.07) is 0.126. The maximum atomic E-state index is 11.6. The fourth-order valence-electron chi connectivity index (χ4n) is 2.95. The molecule has 0 amide bonds. The van der Waals surface area contributed by atoms with E-state index in [0.29, 0.717) is 0 Å². The molecule has 0 aromatic heterocycles. The molecule has 2 rings (SSSR count). The SMILES string of the molecule is CS(=O)(=O)C1CCCC1NCC1(CCO)CC1. The number of aliphatic hydroxyl groups excluding tert-OH is 1. The summed E-state index contributed by atoms with van der Waals surface area (Å²) >= 11 is 0. The van der Waals surface area contributed by atoms with Crippen molar-refractivity contribution in [3.05, 3.63) is 0 Å². The normalized spacial score (nSPS) is 31.6. The smallest absolute Gasteiger partial charge is 0.151 e. The molecule has 4 nitrogen and oxygen atoms in total. The van der Waals surface area contributed by atoms with Crippen LogP contribution in [0.25, 0.3) is 0 Å². The molecule has 0 bridgehead atoms. The van der Waals surface area contributed by atoms with E-state index < -0.39 is 9.84 Å². The van der Waals surface area contributed by atoms with E-state index in [9.17, 15) is 8.42 Å². The van der Waals surface area contributed by atoms with Crippen LogP contribution in [0, 0.1) is 5.41 Å². The van der Waals surface area contributed by atoms with Gasteiger partial charge in [0.2, 0.25) is 0 Å². The van der Waals surface area contributed by atoms with Crippen molar-refractivity contribution in [1.29, 1.82) is 0 Å². The van der Waals surface area contributed by atoms with Crippen molar-refractivity contribution in [3.8, 4) is 0 Å². The summed E-state index contributed by atoms with van der Waals surface area (Å²) in [6.07, 6.45) is 7.28. The van der Waals surface area contributed by atoms with Gasteiger partial charge in [0.05, 0.1) is 5.25 Å². The van der Waals surface area contributed by atoms with E-state index in [1.807, 2.05) is 0 Å². The molecule has 2 aliphatic carbocycles. The quantitative estimate of drug-likeness (QED) is 0.739. The first kappa shape index (κ1) is 13.3. The van der Waals surface area contributed by atoms with Crippen LogP contribution >= 0.6 is 0 Å². The van der Waals surface area contributed by atoms with Gasteiger partial charge in [0.1, 0.15) is 0 Å².